The lowest BCUT2D eigenvalue weighted by Crippen LogP contribution is -2.12. The molecule has 0 unspecified atom stereocenters. The molecule has 0 radical (unpaired) electrons. The molecule has 0 aromatic carbocycles. The fourth-order valence-electron chi connectivity index (χ4n) is 1.11. The first kappa shape index (κ1) is 9.57. The largest absolute Gasteiger partial charge is 0.466 e. The highest BCUT2D eigenvalue weighted by atomic mass is 16.7. The molecule has 0 atom stereocenters. The van der Waals surface area contributed by atoms with Crippen LogP contribution in [0.2, 0.25) is 0 Å². The Balaban J connectivity index is 2.85. The molecule has 1 heterocycles. The SMILES string of the molecule is CC/C(C(=O)OC)=C1/CC(=O)ON1. The number of nitrogens with one attached hydrogen (secondary N) is 1. The molecule has 0 aromatic rings. The van der Waals surface area contributed by atoms with Gasteiger partial charge in [0.25, 0.3) is 0 Å². The Morgan fingerprint density at radius 2 is 2.38 bits per heavy atom. The molecule has 1 aliphatic rings. The maximum Gasteiger partial charge on any atom is 0.338 e. The van der Waals surface area contributed by atoms with Crippen LogP contribution in [0.1, 0.15) is 19.8 Å². The Kier molecular flexibility index (Phi) is 2.89. The van der Waals surface area contributed by atoms with E-state index >= 15 is 0 Å². The summed E-state index contributed by atoms with van der Waals surface area (Å²) in [4.78, 5) is 26.4. The highest BCUT2D eigenvalue weighted by Gasteiger charge is 2.23. The standard InChI is InChI=1S/C8H11NO4/c1-3-5(8(11)12-2)6-4-7(10)13-9-6/h9H,3-4H2,1-2H3/b6-5+. The molecular formula is C8H11NO4. The van der Waals surface area contributed by atoms with Crippen molar-refractivity contribution in [2.45, 2.75) is 19.8 Å². The predicted octanol–water partition coefficient (Wildman–Crippen LogP) is 0.275. The second kappa shape index (κ2) is 3.93. The summed E-state index contributed by atoms with van der Waals surface area (Å²) in [5.74, 6) is -0.812. The summed E-state index contributed by atoms with van der Waals surface area (Å²) in [7, 11) is 1.30. The number of hydrogen-bond acceptors (Lipinski definition) is 5. The van der Waals surface area contributed by atoms with Crippen molar-refractivity contribution in [2.75, 3.05) is 7.11 Å². The summed E-state index contributed by atoms with van der Waals surface area (Å²) in [6.45, 7) is 1.81. The molecule has 1 rings (SSSR count). The first-order chi connectivity index (χ1) is 6.19. The number of methoxy groups -OCH3 is 1. The second-order valence-electron chi connectivity index (χ2n) is 2.56. The molecule has 0 saturated carbocycles. The zero-order valence-electron chi connectivity index (χ0n) is 7.55. The van der Waals surface area contributed by atoms with Crippen LogP contribution in [0.15, 0.2) is 11.3 Å². The average molecular weight is 185 g/mol. The van der Waals surface area contributed by atoms with Crippen LogP contribution in [0, 0.1) is 0 Å². The predicted molar refractivity (Wildman–Crippen MR) is 43.2 cm³/mol. The molecular weight excluding hydrogens is 174 g/mol. The van der Waals surface area contributed by atoms with Crippen LogP contribution in [0.25, 0.3) is 0 Å². The van der Waals surface area contributed by atoms with Gasteiger partial charge in [0.05, 0.1) is 24.8 Å². The first-order valence-corrected chi connectivity index (χ1v) is 3.95. The highest BCUT2D eigenvalue weighted by Crippen LogP contribution is 2.16. The average Bonchev–Trinajstić information content (AvgIpc) is 2.53. The molecule has 1 aliphatic heterocycles. The smallest absolute Gasteiger partial charge is 0.338 e. The fraction of sp³-hybridized carbons (Fsp3) is 0.500. The van der Waals surface area contributed by atoms with Gasteiger partial charge in [0.2, 0.25) is 0 Å². The van der Waals surface area contributed by atoms with Gasteiger partial charge in [-0.15, -0.1) is 0 Å². The van der Waals surface area contributed by atoms with E-state index in [9.17, 15) is 9.59 Å². The molecule has 0 bridgehead atoms. The molecule has 0 aliphatic carbocycles. The van der Waals surface area contributed by atoms with Gasteiger partial charge in [0, 0.05) is 0 Å². The number of hydrogen-bond donors (Lipinski definition) is 1. The lowest BCUT2D eigenvalue weighted by molar-refractivity contribution is -0.143. The molecule has 0 spiro atoms. The van der Waals surface area contributed by atoms with Crippen molar-refractivity contribution in [2.24, 2.45) is 0 Å². The van der Waals surface area contributed by atoms with Crippen LogP contribution < -0.4 is 5.48 Å². The first-order valence-electron chi connectivity index (χ1n) is 3.95. The van der Waals surface area contributed by atoms with Gasteiger partial charge in [-0.05, 0) is 6.42 Å². The number of carbonyl (C=O) groups excluding carboxylic acids is 2. The number of rotatable bonds is 2. The molecule has 72 valence electrons. The van der Waals surface area contributed by atoms with Gasteiger partial charge in [0.15, 0.2) is 0 Å². The van der Waals surface area contributed by atoms with Crippen molar-refractivity contribution < 1.29 is 19.2 Å². The van der Waals surface area contributed by atoms with Crippen LogP contribution in [-0.4, -0.2) is 19.0 Å². The minimum absolute atomic E-state index is 0.109. The van der Waals surface area contributed by atoms with Crippen LogP contribution in [0.4, 0.5) is 0 Å². The van der Waals surface area contributed by atoms with Crippen molar-refractivity contribution in [1.82, 2.24) is 5.48 Å². The summed E-state index contributed by atoms with van der Waals surface area (Å²) in [5, 5.41) is 0. The highest BCUT2D eigenvalue weighted by molar-refractivity contribution is 5.90. The van der Waals surface area contributed by atoms with Gasteiger partial charge in [-0.1, -0.05) is 6.92 Å². The lowest BCUT2D eigenvalue weighted by Gasteiger charge is -2.04. The van der Waals surface area contributed by atoms with Gasteiger partial charge in [-0.25, -0.2) is 15.1 Å². The molecule has 13 heavy (non-hydrogen) atoms. The quantitative estimate of drug-likeness (QED) is 0.494. The lowest BCUT2D eigenvalue weighted by atomic mass is 10.1. The number of carbonyl (C=O) groups is 2. The maximum absolute atomic E-state index is 11.1. The van der Waals surface area contributed by atoms with E-state index in [1.165, 1.54) is 7.11 Å². The van der Waals surface area contributed by atoms with Crippen molar-refractivity contribution in [3.63, 3.8) is 0 Å². The zero-order valence-corrected chi connectivity index (χ0v) is 7.55. The van der Waals surface area contributed by atoms with Gasteiger partial charge in [0.1, 0.15) is 0 Å². The van der Waals surface area contributed by atoms with E-state index in [-0.39, 0.29) is 12.4 Å². The van der Waals surface area contributed by atoms with Gasteiger partial charge in [-0.2, -0.15) is 0 Å². The second-order valence-corrected chi connectivity index (χ2v) is 2.56. The summed E-state index contributed by atoms with van der Waals surface area (Å²) in [5.41, 5.74) is 3.35. The summed E-state index contributed by atoms with van der Waals surface area (Å²) in [6.07, 6.45) is 0.615. The summed E-state index contributed by atoms with van der Waals surface area (Å²) < 4.78 is 4.55. The van der Waals surface area contributed by atoms with Gasteiger partial charge in [-0.3, -0.25) is 0 Å². The Labute approximate surface area is 75.7 Å². The van der Waals surface area contributed by atoms with Gasteiger partial charge >= 0.3 is 11.9 Å². The zero-order chi connectivity index (χ0) is 9.84. The molecule has 1 saturated heterocycles. The van der Waals surface area contributed by atoms with Crippen molar-refractivity contribution in [3.05, 3.63) is 11.3 Å². The number of ether oxygens (including phenoxy) is 1. The summed E-state index contributed by atoms with van der Waals surface area (Å²) in [6, 6.07) is 0. The van der Waals surface area contributed by atoms with E-state index in [2.05, 4.69) is 15.1 Å². The number of hydroxylamine groups is 1. The third-order valence-corrected chi connectivity index (χ3v) is 1.76. The van der Waals surface area contributed by atoms with E-state index in [1.54, 1.807) is 0 Å². The normalized spacial score (nSPS) is 19.1. The van der Waals surface area contributed by atoms with Crippen LogP contribution in [0.3, 0.4) is 0 Å². The molecule has 0 aromatic heterocycles. The summed E-state index contributed by atoms with van der Waals surface area (Å²) >= 11 is 0. The van der Waals surface area contributed by atoms with Crippen LogP contribution in [0.5, 0.6) is 0 Å². The number of esters is 1. The minimum Gasteiger partial charge on any atom is -0.466 e. The van der Waals surface area contributed by atoms with Crippen LogP contribution >= 0.6 is 0 Å². The Morgan fingerprint density at radius 1 is 1.69 bits per heavy atom. The third kappa shape index (κ3) is 1.99. The van der Waals surface area contributed by atoms with Crippen molar-refractivity contribution in [1.29, 1.82) is 0 Å². The molecule has 1 fully saturated rings. The van der Waals surface area contributed by atoms with Crippen LogP contribution in [-0.2, 0) is 19.2 Å². The minimum atomic E-state index is -0.428. The van der Waals surface area contributed by atoms with E-state index in [0.29, 0.717) is 17.7 Å². The van der Waals surface area contributed by atoms with E-state index in [0.717, 1.165) is 0 Å². The molecule has 1 N–H and O–H groups in total. The van der Waals surface area contributed by atoms with E-state index in [4.69, 9.17) is 0 Å². The molecule has 0 amide bonds. The topological polar surface area (TPSA) is 64.6 Å². The third-order valence-electron chi connectivity index (χ3n) is 1.76. The molecule has 5 nitrogen and oxygen atoms in total. The van der Waals surface area contributed by atoms with Crippen molar-refractivity contribution in [3.8, 4) is 0 Å². The Hall–Kier alpha value is -1.52. The Bertz CT molecular complexity index is 269. The Morgan fingerprint density at radius 3 is 2.77 bits per heavy atom. The van der Waals surface area contributed by atoms with Crippen molar-refractivity contribution >= 4 is 11.9 Å². The molecule has 5 heteroatoms. The van der Waals surface area contributed by atoms with E-state index in [1.807, 2.05) is 6.92 Å². The maximum atomic E-state index is 11.1. The fourth-order valence-corrected chi connectivity index (χ4v) is 1.11. The van der Waals surface area contributed by atoms with Gasteiger partial charge < -0.3 is 9.57 Å². The monoisotopic (exact) mass is 185 g/mol. The van der Waals surface area contributed by atoms with E-state index < -0.39 is 5.97 Å².